The fourth-order valence-corrected chi connectivity index (χ4v) is 1.34. The first kappa shape index (κ1) is 11.5. The van der Waals surface area contributed by atoms with Crippen molar-refractivity contribution < 1.29 is 9.66 Å². The number of aromatic nitrogens is 1. The molecule has 0 saturated carbocycles. The zero-order valence-corrected chi connectivity index (χ0v) is 9.11. The highest BCUT2D eigenvalue weighted by molar-refractivity contribution is 5.45. The second-order valence-corrected chi connectivity index (χ2v) is 3.34. The molecule has 0 atom stereocenters. The highest BCUT2D eigenvalue weighted by Gasteiger charge is 2.09. The normalized spacial score (nSPS) is 9.50. The van der Waals surface area contributed by atoms with Gasteiger partial charge in [-0.1, -0.05) is 6.07 Å². The zero-order valence-electron chi connectivity index (χ0n) is 9.11. The summed E-state index contributed by atoms with van der Waals surface area (Å²) in [6, 6.07) is 9.19. The van der Waals surface area contributed by atoms with Gasteiger partial charge in [-0.2, -0.15) is 5.26 Å². The molecule has 6 nitrogen and oxygen atoms in total. The average Bonchev–Trinajstić information content (AvgIpc) is 2.39. The SMILES string of the molecule is N#Cc1ccncc1Oc1cccc([N+](=O)[O-])c1. The standard InChI is InChI=1S/C12H7N3O3/c13-7-9-4-5-14-8-12(9)18-11-3-1-2-10(6-11)15(16)17/h1-6,8H. The summed E-state index contributed by atoms with van der Waals surface area (Å²) in [7, 11) is 0. The van der Waals surface area contributed by atoms with Crippen LogP contribution < -0.4 is 4.74 Å². The summed E-state index contributed by atoms with van der Waals surface area (Å²) in [6.45, 7) is 0. The van der Waals surface area contributed by atoms with Crippen LogP contribution >= 0.6 is 0 Å². The van der Waals surface area contributed by atoms with Gasteiger partial charge in [-0.3, -0.25) is 15.1 Å². The summed E-state index contributed by atoms with van der Waals surface area (Å²) in [5.74, 6) is 0.550. The van der Waals surface area contributed by atoms with Crippen molar-refractivity contribution in [2.24, 2.45) is 0 Å². The van der Waals surface area contributed by atoms with Crippen molar-refractivity contribution in [2.75, 3.05) is 0 Å². The van der Waals surface area contributed by atoms with Gasteiger partial charge in [0.05, 0.1) is 22.7 Å². The fourth-order valence-electron chi connectivity index (χ4n) is 1.34. The molecule has 1 heterocycles. The van der Waals surface area contributed by atoms with E-state index in [1.165, 1.54) is 36.7 Å². The van der Waals surface area contributed by atoms with Crippen LogP contribution in [-0.2, 0) is 0 Å². The number of nitro groups is 1. The Kier molecular flexibility index (Phi) is 3.16. The quantitative estimate of drug-likeness (QED) is 0.608. The van der Waals surface area contributed by atoms with E-state index in [0.717, 1.165) is 0 Å². The van der Waals surface area contributed by atoms with Crippen molar-refractivity contribution in [1.29, 1.82) is 5.26 Å². The lowest BCUT2D eigenvalue weighted by molar-refractivity contribution is -0.384. The van der Waals surface area contributed by atoms with Crippen LogP contribution in [0.25, 0.3) is 0 Å². The van der Waals surface area contributed by atoms with Crippen LogP contribution in [-0.4, -0.2) is 9.91 Å². The van der Waals surface area contributed by atoms with Gasteiger partial charge in [0.2, 0.25) is 0 Å². The Morgan fingerprint density at radius 1 is 1.39 bits per heavy atom. The molecular formula is C12H7N3O3. The molecule has 1 aromatic carbocycles. The van der Waals surface area contributed by atoms with Crippen molar-refractivity contribution >= 4 is 5.69 Å². The molecule has 0 amide bonds. The second-order valence-electron chi connectivity index (χ2n) is 3.34. The molecule has 2 aromatic rings. The third-order valence-electron chi connectivity index (χ3n) is 2.16. The van der Waals surface area contributed by atoms with Crippen LogP contribution in [0.2, 0.25) is 0 Å². The Labute approximate surface area is 102 Å². The van der Waals surface area contributed by atoms with Gasteiger partial charge in [-0.25, -0.2) is 0 Å². The van der Waals surface area contributed by atoms with E-state index in [2.05, 4.69) is 4.98 Å². The van der Waals surface area contributed by atoms with Gasteiger partial charge in [0.25, 0.3) is 5.69 Å². The van der Waals surface area contributed by atoms with Gasteiger partial charge < -0.3 is 4.74 Å². The Hall–Kier alpha value is -2.94. The number of pyridine rings is 1. The number of nitriles is 1. The molecule has 0 spiro atoms. The maximum absolute atomic E-state index is 10.6. The third-order valence-corrected chi connectivity index (χ3v) is 2.16. The number of benzene rings is 1. The lowest BCUT2D eigenvalue weighted by atomic mass is 10.2. The first-order valence-electron chi connectivity index (χ1n) is 4.97. The van der Waals surface area contributed by atoms with Crippen molar-refractivity contribution in [2.45, 2.75) is 0 Å². The van der Waals surface area contributed by atoms with E-state index in [4.69, 9.17) is 10.00 Å². The number of hydrogen-bond donors (Lipinski definition) is 0. The average molecular weight is 241 g/mol. The minimum absolute atomic E-state index is 0.0742. The van der Waals surface area contributed by atoms with Crippen molar-refractivity contribution in [3.05, 3.63) is 58.4 Å². The van der Waals surface area contributed by atoms with E-state index in [9.17, 15) is 10.1 Å². The van der Waals surface area contributed by atoms with Crippen LogP contribution in [0.3, 0.4) is 0 Å². The molecule has 0 saturated heterocycles. The van der Waals surface area contributed by atoms with Gasteiger partial charge in [0.15, 0.2) is 5.75 Å². The maximum atomic E-state index is 10.6. The lowest BCUT2D eigenvalue weighted by Gasteiger charge is -2.05. The van der Waals surface area contributed by atoms with E-state index >= 15 is 0 Å². The first-order valence-corrected chi connectivity index (χ1v) is 4.97. The molecular weight excluding hydrogens is 234 g/mol. The monoisotopic (exact) mass is 241 g/mol. The van der Waals surface area contributed by atoms with Crippen LogP contribution in [0.1, 0.15) is 5.56 Å². The van der Waals surface area contributed by atoms with Gasteiger partial charge >= 0.3 is 0 Å². The number of rotatable bonds is 3. The van der Waals surface area contributed by atoms with Gasteiger partial charge in [0.1, 0.15) is 11.8 Å². The predicted molar refractivity (Wildman–Crippen MR) is 62.1 cm³/mol. The highest BCUT2D eigenvalue weighted by atomic mass is 16.6. The summed E-state index contributed by atoms with van der Waals surface area (Å²) in [5, 5.41) is 19.5. The van der Waals surface area contributed by atoms with E-state index in [1.807, 2.05) is 6.07 Å². The Morgan fingerprint density at radius 3 is 2.94 bits per heavy atom. The van der Waals surface area contributed by atoms with Crippen LogP contribution in [0, 0.1) is 21.4 Å². The Morgan fingerprint density at radius 2 is 2.22 bits per heavy atom. The summed E-state index contributed by atoms with van der Waals surface area (Å²) < 4.78 is 5.40. The van der Waals surface area contributed by atoms with E-state index < -0.39 is 4.92 Å². The largest absolute Gasteiger partial charge is 0.454 e. The molecule has 1 aromatic heterocycles. The van der Waals surface area contributed by atoms with Gasteiger partial charge in [-0.15, -0.1) is 0 Å². The molecule has 0 unspecified atom stereocenters. The summed E-state index contributed by atoms with van der Waals surface area (Å²) in [5.41, 5.74) is 0.242. The molecule has 0 aliphatic carbocycles. The highest BCUT2D eigenvalue weighted by Crippen LogP contribution is 2.26. The molecule has 6 heteroatoms. The molecule has 0 aliphatic heterocycles. The number of non-ortho nitro benzene ring substituents is 1. The number of ether oxygens (including phenoxy) is 1. The van der Waals surface area contributed by atoms with E-state index in [0.29, 0.717) is 5.56 Å². The molecule has 0 aliphatic rings. The summed E-state index contributed by atoms with van der Waals surface area (Å²) >= 11 is 0. The second kappa shape index (κ2) is 4.93. The molecule has 0 bridgehead atoms. The van der Waals surface area contributed by atoms with Gasteiger partial charge in [0, 0.05) is 12.3 Å². The topological polar surface area (TPSA) is 89.0 Å². The number of hydrogen-bond acceptors (Lipinski definition) is 5. The summed E-state index contributed by atoms with van der Waals surface area (Å²) in [6.07, 6.45) is 2.86. The fraction of sp³-hybridized carbons (Fsp3) is 0. The lowest BCUT2D eigenvalue weighted by Crippen LogP contribution is -1.91. The van der Waals surface area contributed by atoms with E-state index in [1.54, 1.807) is 6.07 Å². The number of nitro benzene ring substituents is 1. The molecule has 0 fully saturated rings. The molecule has 18 heavy (non-hydrogen) atoms. The molecule has 88 valence electrons. The molecule has 0 radical (unpaired) electrons. The zero-order chi connectivity index (χ0) is 13.0. The van der Waals surface area contributed by atoms with Crippen LogP contribution in [0.4, 0.5) is 5.69 Å². The minimum atomic E-state index is -0.513. The Bertz CT molecular complexity index is 634. The predicted octanol–water partition coefficient (Wildman–Crippen LogP) is 2.65. The van der Waals surface area contributed by atoms with Crippen molar-refractivity contribution in [3.63, 3.8) is 0 Å². The minimum Gasteiger partial charge on any atom is -0.454 e. The molecule has 0 N–H and O–H groups in total. The Balaban J connectivity index is 2.32. The first-order chi connectivity index (χ1) is 8.70. The van der Waals surface area contributed by atoms with E-state index in [-0.39, 0.29) is 17.2 Å². The smallest absolute Gasteiger partial charge is 0.273 e. The maximum Gasteiger partial charge on any atom is 0.273 e. The van der Waals surface area contributed by atoms with Gasteiger partial charge in [-0.05, 0) is 12.1 Å². The third kappa shape index (κ3) is 2.41. The van der Waals surface area contributed by atoms with Crippen molar-refractivity contribution in [3.8, 4) is 17.6 Å². The van der Waals surface area contributed by atoms with Crippen molar-refractivity contribution in [1.82, 2.24) is 4.98 Å². The van der Waals surface area contributed by atoms with Crippen LogP contribution in [0.5, 0.6) is 11.5 Å². The number of nitrogens with zero attached hydrogens (tertiary/aromatic N) is 3. The molecule has 2 rings (SSSR count). The van der Waals surface area contributed by atoms with Crippen LogP contribution in [0.15, 0.2) is 42.7 Å². The summed E-state index contributed by atoms with van der Waals surface area (Å²) in [4.78, 5) is 13.9.